The molecule has 2 heterocycles. The second-order valence-electron chi connectivity index (χ2n) is 6.98. The largest absolute Gasteiger partial charge is 0.481 e. The number of fused-ring (bicyclic) bond motifs is 2. The Kier molecular flexibility index (Phi) is 5.26. The van der Waals surface area contributed by atoms with Gasteiger partial charge in [-0.15, -0.1) is 11.3 Å². The van der Waals surface area contributed by atoms with E-state index >= 15 is 0 Å². The molecule has 0 fully saturated rings. The molecule has 0 aliphatic heterocycles. The highest BCUT2D eigenvalue weighted by Crippen LogP contribution is 2.33. The summed E-state index contributed by atoms with van der Waals surface area (Å²) in [6.07, 6.45) is -4.19. The summed E-state index contributed by atoms with van der Waals surface area (Å²) in [5.41, 5.74) is -0.770. The van der Waals surface area contributed by atoms with Crippen molar-refractivity contribution in [3.05, 3.63) is 69.1 Å². The van der Waals surface area contributed by atoms with Crippen LogP contribution in [0.2, 0.25) is 0 Å². The number of alkyl halides is 3. The summed E-state index contributed by atoms with van der Waals surface area (Å²) in [5.74, 6) is -1.95. The van der Waals surface area contributed by atoms with Crippen molar-refractivity contribution in [1.29, 1.82) is 0 Å². The molecule has 160 valence electrons. The van der Waals surface area contributed by atoms with Crippen LogP contribution >= 0.6 is 11.3 Å². The Hall–Kier alpha value is -3.27. The molecule has 0 saturated carbocycles. The molecule has 2 aromatic carbocycles. The number of aromatic nitrogens is 3. The summed E-state index contributed by atoms with van der Waals surface area (Å²) in [5, 5.41) is 15.1. The Morgan fingerprint density at radius 1 is 1.19 bits per heavy atom. The molecule has 6 nitrogen and oxygen atoms in total. The van der Waals surface area contributed by atoms with Crippen LogP contribution in [0.4, 0.5) is 13.2 Å². The quantitative estimate of drug-likeness (QED) is 0.481. The number of aliphatic carboxylic acids is 1. The van der Waals surface area contributed by atoms with Crippen LogP contribution in [0.25, 0.3) is 21.0 Å². The maximum Gasteiger partial charge on any atom is 0.416 e. The van der Waals surface area contributed by atoms with Gasteiger partial charge in [-0.3, -0.25) is 9.59 Å². The average Bonchev–Trinajstić information content (AvgIpc) is 3.12. The number of thiazole rings is 1. The summed E-state index contributed by atoms with van der Waals surface area (Å²) in [6, 6.07) is 9.94. The van der Waals surface area contributed by atoms with Crippen LogP contribution in [-0.2, 0) is 17.5 Å². The lowest BCUT2D eigenvalue weighted by Gasteiger charge is -2.14. The van der Waals surface area contributed by atoms with Crippen molar-refractivity contribution in [3.8, 4) is 0 Å². The lowest BCUT2D eigenvalue weighted by molar-refractivity contribution is -0.139. The second-order valence-corrected chi connectivity index (χ2v) is 8.10. The third-order valence-electron chi connectivity index (χ3n) is 4.98. The molecular formula is C21H16F3N3O3S. The zero-order valence-corrected chi connectivity index (χ0v) is 17.0. The van der Waals surface area contributed by atoms with Crippen molar-refractivity contribution in [1.82, 2.24) is 14.8 Å². The van der Waals surface area contributed by atoms with E-state index in [1.54, 1.807) is 31.2 Å². The minimum absolute atomic E-state index is 0.0760. The first kappa shape index (κ1) is 21.0. The first-order valence-corrected chi connectivity index (χ1v) is 10.2. The molecule has 0 saturated heterocycles. The van der Waals surface area contributed by atoms with E-state index in [1.807, 2.05) is 0 Å². The number of rotatable bonds is 5. The third kappa shape index (κ3) is 3.90. The molecular weight excluding hydrogens is 431 g/mol. The second kappa shape index (κ2) is 7.77. The van der Waals surface area contributed by atoms with Gasteiger partial charge >= 0.3 is 12.1 Å². The fourth-order valence-corrected chi connectivity index (χ4v) is 4.39. The molecule has 1 N–H and O–H groups in total. The Bertz CT molecular complexity index is 1360. The molecule has 31 heavy (non-hydrogen) atoms. The lowest BCUT2D eigenvalue weighted by atomic mass is 9.97. The van der Waals surface area contributed by atoms with Crippen LogP contribution in [-0.4, -0.2) is 25.8 Å². The van der Waals surface area contributed by atoms with Gasteiger partial charge < -0.3 is 5.11 Å². The predicted molar refractivity (Wildman–Crippen MR) is 110 cm³/mol. The van der Waals surface area contributed by atoms with E-state index in [0.717, 1.165) is 28.2 Å². The summed E-state index contributed by atoms with van der Waals surface area (Å²) in [6.45, 7) is 1.64. The van der Waals surface area contributed by atoms with E-state index in [-0.39, 0.29) is 24.2 Å². The summed E-state index contributed by atoms with van der Waals surface area (Å²) >= 11 is 1.16. The smallest absolute Gasteiger partial charge is 0.416 e. The van der Waals surface area contributed by atoms with Crippen LogP contribution in [0, 0.1) is 0 Å². The number of halogens is 3. The lowest BCUT2D eigenvalue weighted by Crippen LogP contribution is -2.27. The number of carboxylic acid groups (broad SMARTS) is 1. The number of carbonyl (C=O) groups is 1. The summed E-state index contributed by atoms with van der Waals surface area (Å²) < 4.78 is 40.6. The average molecular weight is 447 g/mol. The molecule has 0 amide bonds. The Morgan fingerprint density at radius 2 is 1.90 bits per heavy atom. The summed E-state index contributed by atoms with van der Waals surface area (Å²) in [4.78, 5) is 28.9. The highest BCUT2D eigenvalue weighted by molar-refractivity contribution is 7.18. The van der Waals surface area contributed by atoms with E-state index in [9.17, 15) is 27.9 Å². The first-order valence-electron chi connectivity index (χ1n) is 9.38. The molecule has 4 rings (SSSR count). The normalized spacial score (nSPS) is 13.0. The van der Waals surface area contributed by atoms with Gasteiger partial charge in [0.2, 0.25) is 0 Å². The van der Waals surface area contributed by atoms with E-state index in [2.05, 4.69) is 10.1 Å². The van der Waals surface area contributed by atoms with Crippen molar-refractivity contribution in [2.45, 2.75) is 32.0 Å². The highest BCUT2D eigenvalue weighted by Gasteiger charge is 2.31. The number of hydrogen-bond acceptors (Lipinski definition) is 5. The summed E-state index contributed by atoms with van der Waals surface area (Å²) in [7, 11) is 0. The Labute approximate surface area is 177 Å². The minimum atomic E-state index is -4.48. The van der Waals surface area contributed by atoms with Crippen molar-refractivity contribution >= 4 is 38.3 Å². The number of benzene rings is 2. The van der Waals surface area contributed by atoms with Crippen molar-refractivity contribution in [3.63, 3.8) is 0 Å². The van der Waals surface area contributed by atoms with Crippen molar-refractivity contribution in [2.75, 3.05) is 0 Å². The predicted octanol–water partition coefficient (Wildman–Crippen LogP) is 4.65. The van der Waals surface area contributed by atoms with Crippen LogP contribution in [0.5, 0.6) is 0 Å². The number of carboxylic acids is 1. The molecule has 4 aromatic rings. The van der Waals surface area contributed by atoms with E-state index < -0.39 is 29.2 Å². The van der Waals surface area contributed by atoms with Crippen molar-refractivity contribution < 1.29 is 23.1 Å². The van der Waals surface area contributed by atoms with Gasteiger partial charge in [-0.25, -0.2) is 9.67 Å². The molecule has 0 aliphatic carbocycles. The van der Waals surface area contributed by atoms with Gasteiger partial charge in [-0.05, 0) is 30.7 Å². The van der Waals surface area contributed by atoms with Crippen LogP contribution < -0.4 is 5.56 Å². The van der Waals surface area contributed by atoms with Gasteiger partial charge in [0.1, 0.15) is 10.9 Å². The maximum absolute atomic E-state index is 13.0. The molecule has 1 atom stereocenters. The fraction of sp³-hybridized carbons (Fsp3) is 0.238. The molecule has 0 radical (unpaired) electrons. The van der Waals surface area contributed by atoms with Gasteiger partial charge in [0, 0.05) is 5.39 Å². The van der Waals surface area contributed by atoms with Gasteiger partial charge in [0.25, 0.3) is 5.56 Å². The molecule has 1 unspecified atom stereocenters. The highest BCUT2D eigenvalue weighted by atomic mass is 32.1. The minimum Gasteiger partial charge on any atom is -0.481 e. The van der Waals surface area contributed by atoms with Crippen LogP contribution in [0.1, 0.15) is 35.5 Å². The zero-order valence-electron chi connectivity index (χ0n) is 16.2. The van der Waals surface area contributed by atoms with Crippen LogP contribution in [0.3, 0.4) is 0 Å². The number of nitrogens with zero attached hydrogens (tertiary/aromatic N) is 3. The van der Waals surface area contributed by atoms with Gasteiger partial charge in [0.15, 0.2) is 0 Å². The molecule has 0 aliphatic rings. The standard InChI is InChI=1S/C21H16F3N3O3S/c1-2-12(20(29)30)18-13-5-3-4-6-14(13)19(28)27(26-18)10-17-25-15-9-11(21(22,23)24)7-8-16(15)31-17/h3-9,12H,2,10H2,1H3,(H,29,30). The van der Waals surface area contributed by atoms with Crippen LogP contribution in [0.15, 0.2) is 47.3 Å². The SMILES string of the molecule is CCC(C(=O)O)c1nn(Cc2nc3cc(C(F)(F)F)ccc3s2)c(=O)c2ccccc12. The molecule has 0 bridgehead atoms. The van der Waals surface area contributed by atoms with Gasteiger partial charge in [-0.2, -0.15) is 18.3 Å². The van der Waals surface area contributed by atoms with E-state index in [4.69, 9.17) is 0 Å². The third-order valence-corrected chi connectivity index (χ3v) is 6.00. The Morgan fingerprint density at radius 3 is 2.55 bits per heavy atom. The van der Waals surface area contributed by atoms with Gasteiger partial charge in [-0.1, -0.05) is 25.1 Å². The monoisotopic (exact) mass is 447 g/mol. The maximum atomic E-state index is 13.0. The molecule has 10 heteroatoms. The molecule has 0 spiro atoms. The number of hydrogen-bond donors (Lipinski definition) is 1. The molecule has 2 aromatic heterocycles. The zero-order chi connectivity index (χ0) is 22.3. The van der Waals surface area contributed by atoms with E-state index in [1.165, 1.54) is 6.07 Å². The first-order chi connectivity index (χ1) is 14.7. The Balaban J connectivity index is 1.82. The van der Waals surface area contributed by atoms with Gasteiger partial charge in [0.05, 0.1) is 33.4 Å². The van der Waals surface area contributed by atoms with E-state index in [0.29, 0.717) is 20.5 Å². The van der Waals surface area contributed by atoms with Crippen molar-refractivity contribution in [2.24, 2.45) is 0 Å². The fourth-order valence-electron chi connectivity index (χ4n) is 3.46. The topological polar surface area (TPSA) is 85.1 Å².